The van der Waals surface area contributed by atoms with Gasteiger partial charge < -0.3 is 16.0 Å². The van der Waals surface area contributed by atoms with E-state index in [1.165, 1.54) is 0 Å². The van der Waals surface area contributed by atoms with E-state index in [1.807, 2.05) is 40.7 Å². The second-order valence-electron chi connectivity index (χ2n) is 5.65. The van der Waals surface area contributed by atoms with Crippen LogP contribution in [0.4, 0.5) is 11.6 Å². The van der Waals surface area contributed by atoms with Crippen LogP contribution in [-0.2, 0) is 4.79 Å². The molecule has 0 saturated heterocycles. The summed E-state index contributed by atoms with van der Waals surface area (Å²) in [6, 6.07) is 1.86. The molecule has 112 valence electrons. The first-order chi connectivity index (χ1) is 9.32. The van der Waals surface area contributed by atoms with Gasteiger partial charge >= 0.3 is 0 Å². The second-order valence-corrected chi connectivity index (χ2v) is 5.65. The summed E-state index contributed by atoms with van der Waals surface area (Å²) in [6.07, 6.45) is 0. The van der Waals surface area contributed by atoms with Gasteiger partial charge in [0.2, 0.25) is 5.91 Å². The molecule has 1 aromatic rings. The topological polar surface area (TPSA) is 78.9 Å². The lowest BCUT2D eigenvalue weighted by atomic mass is 9.96. The Morgan fingerprint density at radius 3 is 2.30 bits per heavy atom. The van der Waals surface area contributed by atoms with Gasteiger partial charge in [0.05, 0.1) is 0 Å². The quantitative estimate of drug-likeness (QED) is 0.692. The van der Waals surface area contributed by atoms with Crippen molar-refractivity contribution in [3.05, 3.63) is 11.9 Å². The van der Waals surface area contributed by atoms with Gasteiger partial charge in [0.25, 0.3) is 0 Å². The third-order valence-corrected chi connectivity index (χ3v) is 2.59. The van der Waals surface area contributed by atoms with Crippen LogP contribution in [0.1, 0.15) is 33.5 Å². The molecule has 0 saturated carbocycles. The van der Waals surface area contributed by atoms with Crippen LogP contribution in [0, 0.1) is 12.3 Å². The SMILES string of the molecule is CCNc1cc(NCCNC(=O)C(C)(C)C)nc(C)n1. The Morgan fingerprint density at radius 2 is 1.75 bits per heavy atom. The average molecular weight is 279 g/mol. The molecule has 3 N–H and O–H groups in total. The van der Waals surface area contributed by atoms with Crippen molar-refractivity contribution in [1.82, 2.24) is 15.3 Å². The van der Waals surface area contributed by atoms with Crippen molar-refractivity contribution in [2.75, 3.05) is 30.3 Å². The highest BCUT2D eigenvalue weighted by Crippen LogP contribution is 2.12. The molecule has 0 aliphatic rings. The molecule has 6 nitrogen and oxygen atoms in total. The van der Waals surface area contributed by atoms with Crippen LogP contribution in [0.5, 0.6) is 0 Å². The normalized spacial score (nSPS) is 11.1. The molecule has 0 atom stereocenters. The van der Waals surface area contributed by atoms with Crippen LogP contribution in [0.2, 0.25) is 0 Å². The summed E-state index contributed by atoms with van der Waals surface area (Å²) < 4.78 is 0. The van der Waals surface area contributed by atoms with Gasteiger partial charge in [-0.2, -0.15) is 0 Å². The Morgan fingerprint density at radius 1 is 1.15 bits per heavy atom. The Hall–Kier alpha value is -1.85. The first kappa shape index (κ1) is 16.2. The molecule has 0 fully saturated rings. The molecule has 1 rings (SSSR count). The van der Waals surface area contributed by atoms with E-state index in [1.54, 1.807) is 0 Å². The molecule has 0 unspecified atom stereocenters. The predicted octanol–water partition coefficient (Wildman–Crippen LogP) is 1.79. The van der Waals surface area contributed by atoms with Crippen LogP contribution < -0.4 is 16.0 Å². The maximum atomic E-state index is 11.7. The van der Waals surface area contributed by atoms with Crippen molar-refractivity contribution in [2.45, 2.75) is 34.6 Å². The number of rotatable bonds is 6. The maximum absolute atomic E-state index is 11.7. The summed E-state index contributed by atoms with van der Waals surface area (Å²) >= 11 is 0. The van der Waals surface area contributed by atoms with Crippen LogP contribution in [0.25, 0.3) is 0 Å². The molecule has 1 amide bonds. The fourth-order valence-corrected chi connectivity index (χ4v) is 1.56. The molecule has 20 heavy (non-hydrogen) atoms. The van der Waals surface area contributed by atoms with Crippen molar-refractivity contribution in [2.24, 2.45) is 5.41 Å². The van der Waals surface area contributed by atoms with E-state index < -0.39 is 0 Å². The number of nitrogens with one attached hydrogen (secondary N) is 3. The van der Waals surface area contributed by atoms with E-state index in [9.17, 15) is 4.79 Å². The predicted molar refractivity (Wildman–Crippen MR) is 81.9 cm³/mol. The molecule has 0 aromatic carbocycles. The minimum atomic E-state index is -0.357. The van der Waals surface area contributed by atoms with E-state index in [-0.39, 0.29) is 11.3 Å². The summed E-state index contributed by atoms with van der Waals surface area (Å²) in [5, 5.41) is 9.23. The Kier molecular flexibility index (Phi) is 5.73. The number of nitrogens with zero attached hydrogens (tertiary/aromatic N) is 2. The van der Waals surface area contributed by atoms with Crippen molar-refractivity contribution >= 4 is 17.5 Å². The smallest absolute Gasteiger partial charge is 0.225 e. The number of carbonyl (C=O) groups excluding carboxylic acids is 1. The second kappa shape index (κ2) is 7.07. The van der Waals surface area contributed by atoms with Crippen LogP contribution in [0.3, 0.4) is 0 Å². The molecule has 1 aromatic heterocycles. The fraction of sp³-hybridized carbons (Fsp3) is 0.643. The number of aromatic nitrogens is 2. The number of hydrogen-bond donors (Lipinski definition) is 3. The molecule has 6 heteroatoms. The highest BCUT2D eigenvalue weighted by Gasteiger charge is 2.20. The molecule has 0 radical (unpaired) electrons. The first-order valence-corrected chi connectivity index (χ1v) is 6.94. The van der Waals surface area contributed by atoms with Gasteiger partial charge in [-0.15, -0.1) is 0 Å². The highest BCUT2D eigenvalue weighted by atomic mass is 16.2. The number of amides is 1. The standard InChI is InChI=1S/C14H25N5O/c1-6-15-11-9-12(19-10(2)18-11)16-7-8-17-13(20)14(3,4)5/h9H,6-8H2,1-5H3,(H,17,20)(H2,15,16,18,19). The summed E-state index contributed by atoms with van der Waals surface area (Å²) in [5.41, 5.74) is -0.357. The number of aryl methyl sites for hydroxylation is 1. The van der Waals surface area contributed by atoms with E-state index in [0.717, 1.165) is 18.2 Å². The molecular formula is C14H25N5O. The Bertz CT molecular complexity index is 453. The lowest BCUT2D eigenvalue weighted by Gasteiger charge is -2.17. The van der Waals surface area contributed by atoms with Gasteiger partial charge in [0.15, 0.2) is 0 Å². The summed E-state index contributed by atoms with van der Waals surface area (Å²) in [7, 11) is 0. The minimum absolute atomic E-state index is 0.0477. The van der Waals surface area contributed by atoms with E-state index in [0.29, 0.717) is 18.9 Å². The summed E-state index contributed by atoms with van der Waals surface area (Å²) in [4.78, 5) is 20.3. The van der Waals surface area contributed by atoms with Crippen LogP contribution in [-0.4, -0.2) is 35.5 Å². The van der Waals surface area contributed by atoms with E-state index >= 15 is 0 Å². The maximum Gasteiger partial charge on any atom is 0.225 e. The summed E-state index contributed by atoms with van der Waals surface area (Å²) in [6.45, 7) is 11.6. The summed E-state index contributed by atoms with van der Waals surface area (Å²) in [5.74, 6) is 2.33. The van der Waals surface area contributed by atoms with Gasteiger partial charge in [-0.05, 0) is 13.8 Å². The van der Waals surface area contributed by atoms with Crippen molar-refractivity contribution in [3.8, 4) is 0 Å². The lowest BCUT2D eigenvalue weighted by Crippen LogP contribution is -2.37. The molecular weight excluding hydrogens is 254 g/mol. The molecule has 0 aliphatic heterocycles. The van der Waals surface area contributed by atoms with Gasteiger partial charge in [-0.3, -0.25) is 4.79 Å². The van der Waals surface area contributed by atoms with Crippen LogP contribution >= 0.6 is 0 Å². The van der Waals surface area contributed by atoms with Crippen molar-refractivity contribution < 1.29 is 4.79 Å². The Labute approximate surface area is 120 Å². The van der Waals surface area contributed by atoms with Gasteiger partial charge in [0, 0.05) is 31.1 Å². The number of carbonyl (C=O) groups is 1. The zero-order valence-electron chi connectivity index (χ0n) is 13.0. The van der Waals surface area contributed by atoms with E-state index in [2.05, 4.69) is 25.9 Å². The zero-order valence-corrected chi connectivity index (χ0v) is 13.0. The Balaban J connectivity index is 2.44. The largest absolute Gasteiger partial charge is 0.370 e. The minimum Gasteiger partial charge on any atom is -0.370 e. The molecule has 0 spiro atoms. The monoisotopic (exact) mass is 279 g/mol. The lowest BCUT2D eigenvalue weighted by molar-refractivity contribution is -0.128. The number of hydrogen-bond acceptors (Lipinski definition) is 5. The van der Waals surface area contributed by atoms with Crippen molar-refractivity contribution in [1.29, 1.82) is 0 Å². The average Bonchev–Trinajstić information content (AvgIpc) is 2.33. The van der Waals surface area contributed by atoms with Gasteiger partial charge in [-0.1, -0.05) is 20.8 Å². The first-order valence-electron chi connectivity index (χ1n) is 6.94. The highest BCUT2D eigenvalue weighted by molar-refractivity contribution is 5.81. The molecule has 0 aliphatic carbocycles. The van der Waals surface area contributed by atoms with Gasteiger partial charge in [-0.25, -0.2) is 9.97 Å². The number of anilines is 2. The third kappa shape index (κ3) is 5.42. The van der Waals surface area contributed by atoms with Gasteiger partial charge in [0.1, 0.15) is 17.5 Å². The fourth-order valence-electron chi connectivity index (χ4n) is 1.56. The third-order valence-electron chi connectivity index (χ3n) is 2.59. The van der Waals surface area contributed by atoms with E-state index in [4.69, 9.17) is 0 Å². The zero-order chi connectivity index (χ0) is 15.2. The molecule has 1 heterocycles. The van der Waals surface area contributed by atoms with Crippen LogP contribution in [0.15, 0.2) is 6.07 Å². The molecule has 0 bridgehead atoms. The van der Waals surface area contributed by atoms with Crippen molar-refractivity contribution in [3.63, 3.8) is 0 Å².